The Labute approximate surface area is 91.1 Å². The number of aromatic nitrogens is 4. The van der Waals surface area contributed by atoms with Crippen molar-refractivity contribution < 1.29 is 5.11 Å². The lowest BCUT2D eigenvalue weighted by molar-refractivity contribution is 0.267. The van der Waals surface area contributed by atoms with Gasteiger partial charge in [0.25, 0.3) is 5.56 Å². The minimum atomic E-state index is -0.290. The minimum absolute atomic E-state index is 0.128. The second kappa shape index (κ2) is 3.60. The van der Waals surface area contributed by atoms with Gasteiger partial charge in [-0.3, -0.25) is 9.48 Å². The Morgan fingerprint density at radius 3 is 2.75 bits per heavy atom. The minimum Gasteiger partial charge on any atom is -0.394 e. The second-order valence-corrected chi connectivity index (χ2v) is 3.57. The average molecular weight is 223 g/mol. The molecule has 0 aliphatic carbocycles. The number of nitrogens with two attached hydrogens (primary N) is 1. The third-order valence-electron chi connectivity index (χ3n) is 2.46. The summed E-state index contributed by atoms with van der Waals surface area (Å²) in [4.78, 5) is 12.0. The Bertz CT molecular complexity index is 598. The molecular weight excluding hydrogens is 210 g/mol. The maximum absolute atomic E-state index is 12.0. The van der Waals surface area contributed by atoms with E-state index in [1.807, 2.05) is 0 Å². The van der Waals surface area contributed by atoms with Crippen LogP contribution < -0.4 is 11.3 Å². The molecule has 2 heterocycles. The van der Waals surface area contributed by atoms with E-state index in [0.29, 0.717) is 16.6 Å². The highest BCUT2D eigenvalue weighted by atomic mass is 16.3. The molecule has 0 aliphatic rings. The van der Waals surface area contributed by atoms with E-state index in [9.17, 15) is 4.79 Å². The van der Waals surface area contributed by atoms with Crippen molar-refractivity contribution in [2.75, 3.05) is 12.3 Å². The van der Waals surface area contributed by atoms with Crippen molar-refractivity contribution in [2.45, 2.75) is 13.5 Å². The average Bonchev–Trinajstić information content (AvgIpc) is 2.51. The van der Waals surface area contributed by atoms with E-state index in [1.165, 1.54) is 4.68 Å². The molecule has 0 aliphatic heterocycles. The number of hydrogen-bond acceptors (Lipinski definition) is 5. The third-order valence-corrected chi connectivity index (χ3v) is 2.46. The predicted molar refractivity (Wildman–Crippen MR) is 59.0 cm³/mol. The largest absolute Gasteiger partial charge is 0.394 e. The molecule has 0 unspecified atom stereocenters. The molecule has 2 aromatic heterocycles. The Morgan fingerprint density at radius 1 is 1.44 bits per heavy atom. The first-order valence-electron chi connectivity index (χ1n) is 4.87. The van der Waals surface area contributed by atoms with Crippen LogP contribution in [0.5, 0.6) is 0 Å². The molecule has 3 N–H and O–H groups in total. The van der Waals surface area contributed by atoms with Crippen LogP contribution in [0.1, 0.15) is 5.69 Å². The van der Waals surface area contributed by atoms with E-state index in [-0.39, 0.29) is 24.5 Å². The lowest BCUT2D eigenvalue weighted by Crippen LogP contribution is -2.26. The second-order valence-electron chi connectivity index (χ2n) is 3.57. The molecule has 16 heavy (non-hydrogen) atoms. The van der Waals surface area contributed by atoms with Crippen LogP contribution in [0.3, 0.4) is 0 Å². The topological polar surface area (TPSA) is 99.0 Å². The third kappa shape index (κ3) is 1.36. The van der Waals surface area contributed by atoms with Crippen molar-refractivity contribution in [3.05, 3.63) is 16.0 Å². The highest BCUT2D eigenvalue weighted by Crippen LogP contribution is 2.18. The van der Waals surface area contributed by atoms with Gasteiger partial charge in [0.05, 0.1) is 24.2 Å². The van der Waals surface area contributed by atoms with Crippen LogP contribution in [0, 0.1) is 6.92 Å². The molecule has 0 amide bonds. The molecular formula is C9H13N5O2. The fourth-order valence-electron chi connectivity index (χ4n) is 1.80. The number of aryl methyl sites for hydroxylation is 2. The van der Waals surface area contributed by atoms with Crippen LogP contribution in [0.15, 0.2) is 4.79 Å². The molecule has 0 spiro atoms. The molecule has 7 nitrogen and oxygen atoms in total. The number of fused-ring (bicyclic) bond motifs is 1. The standard InChI is InChI=1S/C9H13N5O2/c1-5-6-7(13(2)11-5)9(16)14(3-4-15)12-8(6)10/h15H,3-4H2,1-2H3,(H2,10,12). The van der Waals surface area contributed by atoms with Crippen LogP contribution in [-0.4, -0.2) is 31.3 Å². The van der Waals surface area contributed by atoms with Gasteiger partial charge < -0.3 is 10.8 Å². The maximum Gasteiger partial charge on any atom is 0.293 e. The first-order valence-corrected chi connectivity index (χ1v) is 4.87. The fourth-order valence-corrected chi connectivity index (χ4v) is 1.80. The van der Waals surface area contributed by atoms with Gasteiger partial charge in [0, 0.05) is 7.05 Å². The highest BCUT2D eigenvalue weighted by Gasteiger charge is 2.15. The van der Waals surface area contributed by atoms with Gasteiger partial charge in [-0.05, 0) is 6.92 Å². The molecule has 0 radical (unpaired) electrons. The maximum atomic E-state index is 12.0. The fraction of sp³-hybridized carbons (Fsp3) is 0.444. The van der Waals surface area contributed by atoms with Crippen molar-refractivity contribution in [1.29, 1.82) is 0 Å². The lowest BCUT2D eigenvalue weighted by atomic mass is 10.2. The zero-order valence-electron chi connectivity index (χ0n) is 9.14. The number of hydrogen-bond donors (Lipinski definition) is 2. The van der Waals surface area contributed by atoms with E-state index in [0.717, 1.165) is 4.68 Å². The first kappa shape index (κ1) is 10.6. The van der Waals surface area contributed by atoms with Gasteiger partial charge in [-0.2, -0.15) is 10.2 Å². The van der Waals surface area contributed by atoms with E-state index in [2.05, 4.69) is 10.2 Å². The van der Waals surface area contributed by atoms with Gasteiger partial charge >= 0.3 is 0 Å². The molecule has 2 aromatic rings. The van der Waals surface area contributed by atoms with Crippen LogP contribution >= 0.6 is 0 Å². The molecule has 0 saturated heterocycles. The van der Waals surface area contributed by atoms with Gasteiger partial charge in [0.2, 0.25) is 0 Å². The molecule has 7 heteroatoms. The Morgan fingerprint density at radius 2 is 2.12 bits per heavy atom. The molecule has 0 saturated carbocycles. The Hall–Kier alpha value is -1.89. The van der Waals surface area contributed by atoms with Gasteiger partial charge in [0.1, 0.15) is 5.52 Å². The summed E-state index contributed by atoms with van der Waals surface area (Å²) in [7, 11) is 1.68. The van der Waals surface area contributed by atoms with E-state index >= 15 is 0 Å². The zero-order valence-corrected chi connectivity index (χ0v) is 9.14. The van der Waals surface area contributed by atoms with Crippen LogP contribution in [0.25, 0.3) is 10.9 Å². The van der Waals surface area contributed by atoms with Gasteiger partial charge in [-0.25, -0.2) is 4.68 Å². The zero-order chi connectivity index (χ0) is 11.9. The summed E-state index contributed by atoms with van der Waals surface area (Å²) in [6, 6.07) is 0. The number of rotatable bonds is 2. The molecule has 0 fully saturated rings. The Balaban J connectivity index is 2.88. The molecule has 0 bridgehead atoms. The van der Waals surface area contributed by atoms with Crippen molar-refractivity contribution in [3.8, 4) is 0 Å². The smallest absolute Gasteiger partial charge is 0.293 e. The molecule has 86 valence electrons. The first-order chi connectivity index (χ1) is 7.56. The van der Waals surface area contributed by atoms with Crippen molar-refractivity contribution in [3.63, 3.8) is 0 Å². The monoisotopic (exact) mass is 223 g/mol. The number of aliphatic hydroxyl groups is 1. The number of nitrogens with zero attached hydrogens (tertiary/aromatic N) is 4. The Kier molecular flexibility index (Phi) is 2.39. The normalized spacial score (nSPS) is 11.2. The van der Waals surface area contributed by atoms with Crippen LogP contribution in [-0.2, 0) is 13.6 Å². The number of aliphatic hydroxyl groups excluding tert-OH is 1. The molecule has 2 rings (SSSR count). The summed E-state index contributed by atoms with van der Waals surface area (Å²) in [6.45, 7) is 1.74. The SMILES string of the molecule is Cc1nn(C)c2c(=O)n(CCO)nc(N)c12. The number of anilines is 1. The summed E-state index contributed by atoms with van der Waals surface area (Å²) in [5, 5.41) is 17.5. The van der Waals surface area contributed by atoms with Gasteiger partial charge in [-0.1, -0.05) is 0 Å². The van der Waals surface area contributed by atoms with Gasteiger partial charge in [0.15, 0.2) is 5.82 Å². The predicted octanol–water partition coefficient (Wildman–Crippen LogP) is -0.987. The van der Waals surface area contributed by atoms with E-state index < -0.39 is 0 Å². The summed E-state index contributed by atoms with van der Waals surface area (Å²) in [6.07, 6.45) is 0. The van der Waals surface area contributed by atoms with Crippen LogP contribution in [0.2, 0.25) is 0 Å². The highest BCUT2D eigenvalue weighted by molar-refractivity contribution is 5.89. The summed E-state index contributed by atoms with van der Waals surface area (Å²) in [5.41, 5.74) is 6.57. The van der Waals surface area contributed by atoms with Gasteiger partial charge in [-0.15, -0.1) is 0 Å². The lowest BCUT2D eigenvalue weighted by Gasteiger charge is -2.04. The van der Waals surface area contributed by atoms with Crippen LogP contribution in [0.4, 0.5) is 5.82 Å². The van der Waals surface area contributed by atoms with E-state index in [1.54, 1.807) is 14.0 Å². The van der Waals surface area contributed by atoms with E-state index in [4.69, 9.17) is 10.8 Å². The summed E-state index contributed by atoms with van der Waals surface area (Å²) < 4.78 is 2.64. The van der Waals surface area contributed by atoms with Crippen molar-refractivity contribution in [2.24, 2.45) is 7.05 Å². The molecule has 0 atom stereocenters. The quantitative estimate of drug-likeness (QED) is 0.681. The molecule has 0 aromatic carbocycles. The van der Waals surface area contributed by atoms with Crippen molar-refractivity contribution >= 4 is 16.7 Å². The van der Waals surface area contributed by atoms with Crippen molar-refractivity contribution in [1.82, 2.24) is 19.6 Å². The summed E-state index contributed by atoms with van der Waals surface area (Å²) >= 11 is 0. The summed E-state index contributed by atoms with van der Waals surface area (Å²) in [5.74, 6) is 0.258. The number of nitrogen functional groups attached to an aromatic ring is 1.